The van der Waals surface area contributed by atoms with Crippen molar-refractivity contribution in [2.45, 2.75) is 33.6 Å². The van der Waals surface area contributed by atoms with Crippen LogP contribution in [0.25, 0.3) is 0 Å². The fraction of sp³-hybridized carbons (Fsp3) is 0.500. The SMILES string of the molecule is CC(C)(C)CCOc1ccc(C#CCCCl)cc1. The Labute approximate surface area is 115 Å². The Balaban J connectivity index is 2.44. The van der Waals surface area contributed by atoms with Crippen LogP contribution in [-0.2, 0) is 0 Å². The second kappa shape index (κ2) is 7.34. The van der Waals surface area contributed by atoms with Crippen LogP contribution in [0.4, 0.5) is 0 Å². The van der Waals surface area contributed by atoms with Gasteiger partial charge in [-0.2, -0.15) is 0 Å². The van der Waals surface area contributed by atoms with Gasteiger partial charge in [0.05, 0.1) is 6.61 Å². The summed E-state index contributed by atoms with van der Waals surface area (Å²) in [6.45, 7) is 7.39. The van der Waals surface area contributed by atoms with Crippen LogP contribution in [0.1, 0.15) is 39.2 Å². The molecule has 1 aromatic rings. The number of hydrogen-bond donors (Lipinski definition) is 0. The number of ether oxygens (including phenoxy) is 1. The topological polar surface area (TPSA) is 9.23 Å². The summed E-state index contributed by atoms with van der Waals surface area (Å²) in [6, 6.07) is 7.89. The summed E-state index contributed by atoms with van der Waals surface area (Å²) in [6.07, 6.45) is 1.77. The second-order valence-corrected chi connectivity index (χ2v) is 5.80. The van der Waals surface area contributed by atoms with E-state index >= 15 is 0 Å². The van der Waals surface area contributed by atoms with Crippen molar-refractivity contribution in [3.05, 3.63) is 29.8 Å². The van der Waals surface area contributed by atoms with E-state index in [9.17, 15) is 0 Å². The molecule has 0 N–H and O–H groups in total. The lowest BCUT2D eigenvalue weighted by Gasteiger charge is -2.18. The van der Waals surface area contributed by atoms with Gasteiger partial charge in [0.2, 0.25) is 0 Å². The summed E-state index contributed by atoms with van der Waals surface area (Å²) in [4.78, 5) is 0. The smallest absolute Gasteiger partial charge is 0.119 e. The zero-order valence-electron chi connectivity index (χ0n) is 11.4. The minimum atomic E-state index is 0.312. The Hall–Kier alpha value is -1.13. The highest BCUT2D eigenvalue weighted by molar-refractivity contribution is 6.18. The molecule has 1 rings (SSSR count). The summed E-state index contributed by atoms with van der Waals surface area (Å²) < 4.78 is 5.69. The van der Waals surface area contributed by atoms with E-state index in [0.29, 0.717) is 11.3 Å². The molecule has 0 amide bonds. The van der Waals surface area contributed by atoms with Gasteiger partial charge >= 0.3 is 0 Å². The molecule has 2 heteroatoms. The number of halogens is 1. The van der Waals surface area contributed by atoms with Gasteiger partial charge in [0.15, 0.2) is 0 Å². The third-order valence-electron chi connectivity index (χ3n) is 2.43. The predicted molar refractivity (Wildman–Crippen MR) is 78.2 cm³/mol. The Morgan fingerprint density at radius 1 is 1.17 bits per heavy atom. The molecule has 0 aromatic heterocycles. The Morgan fingerprint density at radius 3 is 2.39 bits per heavy atom. The van der Waals surface area contributed by atoms with E-state index in [4.69, 9.17) is 16.3 Å². The first-order valence-electron chi connectivity index (χ1n) is 6.29. The maximum absolute atomic E-state index is 5.69. The molecule has 0 saturated carbocycles. The van der Waals surface area contributed by atoms with E-state index in [0.717, 1.165) is 30.8 Å². The fourth-order valence-corrected chi connectivity index (χ4v) is 1.42. The van der Waals surface area contributed by atoms with E-state index in [1.54, 1.807) is 0 Å². The molecule has 0 spiro atoms. The highest BCUT2D eigenvalue weighted by Gasteiger charge is 2.09. The van der Waals surface area contributed by atoms with Gasteiger partial charge in [-0.05, 0) is 36.1 Å². The number of benzene rings is 1. The van der Waals surface area contributed by atoms with Crippen LogP contribution in [0, 0.1) is 17.3 Å². The Morgan fingerprint density at radius 2 is 1.83 bits per heavy atom. The first-order chi connectivity index (χ1) is 8.51. The van der Waals surface area contributed by atoms with Crippen LogP contribution < -0.4 is 4.74 Å². The van der Waals surface area contributed by atoms with Gasteiger partial charge in [-0.25, -0.2) is 0 Å². The first-order valence-corrected chi connectivity index (χ1v) is 6.82. The standard InChI is InChI=1S/C16H21ClO/c1-16(2,3)11-13-18-15-9-7-14(8-10-15)6-4-5-12-17/h7-10H,5,11-13H2,1-3H3. The Kier molecular flexibility index (Phi) is 6.09. The molecular formula is C16H21ClO. The molecule has 0 aliphatic rings. The molecule has 0 aliphatic carbocycles. The third-order valence-corrected chi connectivity index (χ3v) is 2.62. The molecular weight excluding hydrogens is 244 g/mol. The average Bonchev–Trinajstić information content (AvgIpc) is 2.30. The number of rotatable bonds is 4. The normalized spacial score (nSPS) is 10.7. The van der Waals surface area contributed by atoms with Crippen molar-refractivity contribution in [2.75, 3.05) is 12.5 Å². The van der Waals surface area contributed by atoms with Crippen molar-refractivity contribution < 1.29 is 4.74 Å². The van der Waals surface area contributed by atoms with Crippen molar-refractivity contribution in [1.82, 2.24) is 0 Å². The van der Waals surface area contributed by atoms with E-state index < -0.39 is 0 Å². The minimum Gasteiger partial charge on any atom is -0.494 e. The number of hydrogen-bond acceptors (Lipinski definition) is 1. The third kappa shape index (κ3) is 6.57. The lowest BCUT2D eigenvalue weighted by molar-refractivity contribution is 0.243. The van der Waals surface area contributed by atoms with Crippen molar-refractivity contribution in [3.8, 4) is 17.6 Å². The van der Waals surface area contributed by atoms with Gasteiger partial charge in [0, 0.05) is 17.9 Å². The molecule has 0 aliphatic heterocycles. The van der Waals surface area contributed by atoms with Gasteiger partial charge in [0.1, 0.15) is 5.75 Å². The van der Waals surface area contributed by atoms with Crippen LogP contribution in [-0.4, -0.2) is 12.5 Å². The summed E-state index contributed by atoms with van der Waals surface area (Å²) in [5, 5.41) is 0. The molecule has 98 valence electrons. The monoisotopic (exact) mass is 264 g/mol. The second-order valence-electron chi connectivity index (χ2n) is 5.42. The fourth-order valence-electron chi connectivity index (χ4n) is 1.32. The van der Waals surface area contributed by atoms with Crippen molar-refractivity contribution in [3.63, 3.8) is 0 Å². The summed E-state index contributed by atoms with van der Waals surface area (Å²) >= 11 is 5.56. The molecule has 0 radical (unpaired) electrons. The summed E-state index contributed by atoms with van der Waals surface area (Å²) in [7, 11) is 0. The van der Waals surface area contributed by atoms with Gasteiger partial charge in [-0.3, -0.25) is 0 Å². The van der Waals surface area contributed by atoms with E-state index in [-0.39, 0.29) is 0 Å². The zero-order valence-corrected chi connectivity index (χ0v) is 12.2. The van der Waals surface area contributed by atoms with Crippen LogP contribution in [0.5, 0.6) is 5.75 Å². The lowest BCUT2D eigenvalue weighted by Crippen LogP contribution is -2.11. The van der Waals surface area contributed by atoms with Gasteiger partial charge < -0.3 is 4.74 Å². The van der Waals surface area contributed by atoms with E-state index in [1.165, 1.54) is 0 Å². The van der Waals surface area contributed by atoms with Crippen LogP contribution in [0.3, 0.4) is 0 Å². The molecule has 0 atom stereocenters. The van der Waals surface area contributed by atoms with Crippen LogP contribution in [0.15, 0.2) is 24.3 Å². The zero-order chi connectivity index (χ0) is 13.4. The predicted octanol–water partition coefficient (Wildman–Crippen LogP) is 4.48. The van der Waals surface area contributed by atoms with Crippen molar-refractivity contribution >= 4 is 11.6 Å². The highest BCUT2D eigenvalue weighted by Crippen LogP contribution is 2.19. The largest absolute Gasteiger partial charge is 0.494 e. The van der Waals surface area contributed by atoms with E-state index in [1.807, 2.05) is 24.3 Å². The summed E-state index contributed by atoms with van der Waals surface area (Å²) in [5.74, 6) is 7.56. The highest BCUT2D eigenvalue weighted by atomic mass is 35.5. The maximum atomic E-state index is 5.69. The lowest BCUT2D eigenvalue weighted by atomic mass is 9.93. The number of alkyl halides is 1. The van der Waals surface area contributed by atoms with Crippen LogP contribution in [0.2, 0.25) is 0 Å². The molecule has 1 aromatic carbocycles. The molecule has 0 fully saturated rings. The summed E-state index contributed by atoms with van der Waals surface area (Å²) in [5.41, 5.74) is 1.32. The van der Waals surface area contributed by atoms with Crippen LogP contribution >= 0.6 is 11.6 Å². The minimum absolute atomic E-state index is 0.312. The molecule has 0 heterocycles. The molecule has 18 heavy (non-hydrogen) atoms. The van der Waals surface area contributed by atoms with E-state index in [2.05, 4.69) is 32.6 Å². The first kappa shape index (κ1) is 14.9. The average molecular weight is 265 g/mol. The molecule has 0 unspecified atom stereocenters. The van der Waals surface area contributed by atoms with Gasteiger partial charge in [-0.15, -0.1) is 11.6 Å². The Bertz CT molecular complexity index is 403. The quantitative estimate of drug-likeness (QED) is 0.575. The van der Waals surface area contributed by atoms with Crippen molar-refractivity contribution in [1.29, 1.82) is 0 Å². The molecule has 1 nitrogen and oxygen atoms in total. The van der Waals surface area contributed by atoms with Crippen molar-refractivity contribution in [2.24, 2.45) is 5.41 Å². The van der Waals surface area contributed by atoms with Gasteiger partial charge in [-0.1, -0.05) is 32.6 Å². The molecule has 0 saturated heterocycles. The maximum Gasteiger partial charge on any atom is 0.119 e. The molecule has 0 bridgehead atoms. The van der Waals surface area contributed by atoms with Gasteiger partial charge in [0.25, 0.3) is 0 Å².